The molecular formula is C21H20N4O3. The van der Waals surface area contributed by atoms with Crippen LogP contribution in [0.4, 0.5) is 5.69 Å². The lowest BCUT2D eigenvalue weighted by atomic mass is 10.1. The van der Waals surface area contributed by atoms with E-state index >= 15 is 0 Å². The molecule has 0 aliphatic rings. The van der Waals surface area contributed by atoms with Crippen LogP contribution in [0.1, 0.15) is 15.9 Å². The summed E-state index contributed by atoms with van der Waals surface area (Å²) in [5.74, 6) is -0.754. The topological polar surface area (TPSA) is 93.1 Å². The number of nitrogens with one attached hydrogen (secondary N) is 2. The Bertz CT molecular complexity index is 1120. The Morgan fingerprint density at radius 3 is 2.75 bits per heavy atom. The maximum atomic E-state index is 12.6. The summed E-state index contributed by atoms with van der Waals surface area (Å²) in [6.45, 7) is 5.54. The molecule has 3 aromatic rings. The molecule has 1 heterocycles. The lowest BCUT2D eigenvalue weighted by Crippen LogP contribution is -2.29. The molecule has 3 rings (SSSR count). The van der Waals surface area contributed by atoms with E-state index in [4.69, 9.17) is 0 Å². The summed E-state index contributed by atoms with van der Waals surface area (Å²) >= 11 is 0. The fraction of sp³-hybridized carbons (Fsp3) is 0.143. The van der Waals surface area contributed by atoms with Gasteiger partial charge in [-0.15, -0.1) is 6.58 Å². The molecule has 2 aromatic carbocycles. The normalized spacial score (nSPS) is 10.5. The van der Waals surface area contributed by atoms with Crippen LogP contribution in [0.5, 0.6) is 0 Å². The number of carbonyl (C=O) groups excluding carboxylic acids is 2. The number of amides is 2. The summed E-state index contributed by atoms with van der Waals surface area (Å²) in [6, 6.07) is 12.0. The molecule has 7 heteroatoms. The Balaban J connectivity index is 1.81. The smallest absolute Gasteiger partial charge is 0.261 e. The lowest BCUT2D eigenvalue weighted by molar-refractivity contribution is -0.116. The summed E-state index contributed by atoms with van der Waals surface area (Å²) in [4.78, 5) is 41.6. The van der Waals surface area contributed by atoms with Crippen molar-refractivity contribution in [3.05, 3.63) is 82.9 Å². The third-order valence-electron chi connectivity index (χ3n) is 4.22. The molecule has 0 spiro atoms. The van der Waals surface area contributed by atoms with Crippen molar-refractivity contribution >= 4 is 28.4 Å². The van der Waals surface area contributed by atoms with Gasteiger partial charge in [0, 0.05) is 6.54 Å². The Hall–Kier alpha value is -3.74. The van der Waals surface area contributed by atoms with Crippen molar-refractivity contribution in [2.45, 2.75) is 13.5 Å². The minimum absolute atomic E-state index is 0.210. The van der Waals surface area contributed by atoms with E-state index in [0.717, 1.165) is 5.56 Å². The quantitative estimate of drug-likeness (QED) is 0.646. The van der Waals surface area contributed by atoms with Crippen LogP contribution in [0, 0.1) is 6.92 Å². The molecule has 2 amide bonds. The van der Waals surface area contributed by atoms with E-state index in [1.807, 2.05) is 13.0 Å². The Labute approximate surface area is 161 Å². The van der Waals surface area contributed by atoms with Crippen LogP contribution < -0.4 is 16.2 Å². The highest BCUT2D eigenvalue weighted by Crippen LogP contribution is 2.15. The maximum absolute atomic E-state index is 12.6. The van der Waals surface area contributed by atoms with Gasteiger partial charge in [-0.1, -0.05) is 30.3 Å². The number of hydrogen-bond acceptors (Lipinski definition) is 4. The van der Waals surface area contributed by atoms with Crippen LogP contribution in [-0.4, -0.2) is 27.9 Å². The van der Waals surface area contributed by atoms with Gasteiger partial charge in [0.15, 0.2) is 0 Å². The zero-order chi connectivity index (χ0) is 20.1. The highest BCUT2D eigenvalue weighted by Gasteiger charge is 2.14. The predicted octanol–water partition coefficient (Wildman–Crippen LogP) is 2.26. The van der Waals surface area contributed by atoms with E-state index < -0.39 is 5.91 Å². The molecule has 1 aromatic heterocycles. The number of rotatable bonds is 6. The molecule has 142 valence electrons. The third-order valence-corrected chi connectivity index (χ3v) is 4.22. The zero-order valence-electron chi connectivity index (χ0n) is 15.4. The summed E-state index contributed by atoms with van der Waals surface area (Å²) in [6.07, 6.45) is 2.93. The van der Waals surface area contributed by atoms with Crippen molar-refractivity contribution in [3.63, 3.8) is 0 Å². The molecule has 0 radical (unpaired) electrons. The van der Waals surface area contributed by atoms with Gasteiger partial charge in [0.25, 0.3) is 11.5 Å². The molecule has 28 heavy (non-hydrogen) atoms. The Morgan fingerprint density at radius 2 is 1.96 bits per heavy atom. The van der Waals surface area contributed by atoms with Crippen molar-refractivity contribution < 1.29 is 9.59 Å². The number of anilines is 1. The molecule has 0 unspecified atom stereocenters. The lowest BCUT2D eigenvalue weighted by Gasteiger charge is -2.12. The fourth-order valence-electron chi connectivity index (χ4n) is 2.84. The van der Waals surface area contributed by atoms with Crippen LogP contribution in [0.15, 0.2) is 66.2 Å². The molecule has 0 bridgehead atoms. The van der Waals surface area contributed by atoms with Gasteiger partial charge in [0.2, 0.25) is 5.91 Å². The standard InChI is InChI=1S/C21H20N4O3/c1-3-11-22-20(27)15-8-4-5-10-17(15)24-18(26)12-25-13-23-19-14(2)7-6-9-16(19)21(25)28/h3-10,13H,1,11-12H2,2H3,(H,22,27)(H,24,26). The highest BCUT2D eigenvalue weighted by atomic mass is 16.2. The van der Waals surface area contributed by atoms with Gasteiger partial charge in [-0.25, -0.2) is 4.98 Å². The summed E-state index contributed by atoms with van der Waals surface area (Å²) in [7, 11) is 0. The first-order chi connectivity index (χ1) is 13.5. The average Bonchev–Trinajstić information content (AvgIpc) is 2.69. The number of fused-ring (bicyclic) bond motifs is 1. The largest absolute Gasteiger partial charge is 0.349 e. The minimum Gasteiger partial charge on any atom is -0.349 e. The van der Waals surface area contributed by atoms with Crippen molar-refractivity contribution in [1.82, 2.24) is 14.9 Å². The van der Waals surface area contributed by atoms with E-state index in [1.165, 1.54) is 10.9 Å². The van der Waals surface area contributed by atoms with Gasteiger partial charge in [-0.05, 0) is 30.7 Å². The second kappa shape index (κ2) is 8.30. The molecule has 7 nitrogen and oxygen atoms in total. The number of aromatic nitrogens is 2. The van der Waals surface area contributed by atoms with Crippen LogP contribution in [0.2, 0.25) is 0 Å². The van der Waals surface area contributed by atoms with Crippen molar-refractivity contribution in [2.24, 2.45) is 0 Å². The van der Waals surface area contributed by atoms with Crippen molar-refractivity contribution in [1.29, 1.82) is 0 Å². The van der Waals surface area contributed by atoms with Crippen LogP contribution >= 0.6 is 0 Å². The van der Waals surface area contributed by atoms with Gasteiger partial charge in [0.05, 0.1) is 28.5 Å². The number of para-hydroxylation sites is 2. The van der Waals surface area contributed by atoms with Gasteiger partial charge >= 0.3 is 0 Å². The Morgan fingerprint density at radius 1 is 1.18 bits per heavy atom. The highest BCUT2D eigenvalue weighted by molar-refractivity contribution is 6.03. The number of carbonyl (C=O) groups is 2. The van der Waals surface area contributed by atoms with Gasteiger partial charge < -0.3 is 10.6 Å². The number of nitrogens with zero attached hydrogens (tertiary/aromatic N) is 2. The molecule has 0 fully saturated rings. The molecule has 0 saturated carbocycles. The zero-order valence-corrected chi connectivity index (χ0v) is 15.4. The Kier molecular flexibility index (Phi) is 5.64. The monoisotopic (exact) mass is 376 g/mol. The second-order valence-corrected chi connectivity index (χ2v) is 6.24. The second-order valence-electron chi connectivity index (χ2n) is 6.24. The molecular weight excluding hydrogens is 356 g/mol. The predicted molar refractivity (Wildman–Crippen MR) is 108 cm³/mol. The molecule has 0 aliphatic carbocycles. The van der Waals surface area contributed by atoms with E-state index in [-0.39, 0.29) is 18.0 Å². The van der Waals surface area contributed by atoms with E-state index in [0.29, 0.717) is 28.7 Å². The van der Waals surface area contributed by atoms with Crippen LogP contribution in [-0.2, 0) is 11.3 Å². The number of benzene rings is 2. The van der Waals surface area contributed by atoms with Crippen molar-refractivity contribution in [3.8, 4) is 0 Å². The minimum atomic E-state index is -0.431. The summed E-state index contributed by atoms with van der Waals surface area (Å²) in [5.41, 5.74) is 1.92. The van der Waals surface area contributed by atoms with E-state index in [1.54, 1.807) is 42.5 Å². The van der Waals surface area contributed by atoms with Gasteiger partial charge in [0.1, 0.15) is 6.54 Å². The van der Waals surface area contributed by atoms with Crippen molar-refractivity contribution in [2.75, 3.05) is 11.9 Å². The first kappa shape index (κ1) is 19.0. The molecule has 2 N–H and O–H groups in total. The SMILES string of the molecule is C=CCNC(=O)c1ccccc1NC(=O)Cn1cnc2c(C)cccc2c1=O. The third kappa shape index (κ3) is 3.98. The number of hydrogen-bond donors (Lipinski definition) is 2. The maximum Gasteiger partial charge on any atom is 0.261 e. The van der Waals surface area contributed by atoms with E-state index in [9.17, 15) is 14.4 Å². The molecule has 0 atom stereocenters. The fourth-order valence-corrected chi connectivity index (χ4v) is 2.84. The van der Waals surface area contributed by atoms with E-state index in [2.05, 4.69) is 22.2 Å². The van der Waals surface area contributed by atoms with Crippen LogP contribution in [0.25, 0.3) is 10.9 Å². The summed E-state index contributed by atoms with van der Waals surface area (Å²) in [5, 5.41) is 5.82. The molecule has 0 aliphatic heterocycles. The van der Waals surface area contributed by atoms with Gasteiger partial charge in [-0.3, -0.25) is 19.0 Å². The summed E-state index contributed by atoms with van der Waals surface area (Å²) < 4.78 is 1.25. The first-order valence-corrected chi connectivity index (χ1v) is 8.74. The average molecular weight is 376 g/mol. The molecule has 0 saturated heterocycles. The van der Waals surface area contributed by atoms with Crippen LogP contribution in [0.3, 0.4) is 0 Å². The van der Waals surface area contributed by atoms with Gasteiger partial charge in [-0.2, -0.15) is 0 Å². The first-order valence-electron chi connectivity index (χ1n) is 8.74. The number of aryl methyl sites for hydroxylation is 1.